The van der Waals surface area contributed by atoms with Gasteiger partial charge in [-0.25, -0.2) is 0 Å². The van der Waals surface area contributed by atoms with E-state index < -0.39 is 0 Å². The molecule has 5 rings (SSSR count). The molecule has 1 aliphatic heterocycles. The van der Waals surface area contributed by atoms with Crippen molar-refractivity contribution in [3.8, 4) is 0 Å². The topological polar surface area (TPSA) is 32.8 Å². The third kappa shape index (κ3) is 2.16. The first-order valence-electron chi connectivity index (χ1n) is 11.2. The number of hydrogen-bond donors (Lipinski definition) is 1. The van der Waals surface area contributed by atoms with E-state index in [0.29, 0.717) is 11.0 Å². The molecule has 1 N–H and O–H groups in total. The SMILES string of the molecule is CCC[C@]1(O)CC[C@@H]2[C@H]3CC[C@H]4C[C@@]5(CC[C@]4(C)[C@@H]3CC[C@@]21C)CO5. The number of fused-ring (bicyclic) bond motifs is 5. The Labute approximate surface area is 154 Å². The van der Waals surface area contributed by atoms with Crippen molar-refractivity contribution < 1.29 is 9.84 Å². The molecule has 0 bridgehead atoms. The Hall–Kier alpha value is -0.0800. The van der Waals surface area contributed by atoms with Crippen LogP contribution in [-0.4, -0.2) is 22.9 Å². The highest BCUT2D eigenvalue weighted by atomic mass is 16.6. The van der Waals surface area contributed by atoms with Crippen molar-refractivity contribution in [2.75, 3.05) is 6.61 Å². The summed E-state index contributed by atoms with van der Waals surface area (Å²) in [6.07, 6.45) is 14.0. The molecule has 1 spiro atoms. The van der Waals surface area contributed by atoms with Crippen LogP contribution < -0.4 is 0 Å². The fourth-order valence-electron chi connectivity index (χ4n) is 8.61. The predicted molar refractivity (Wildman–Crippen MR) is 100 cm³/mol. The Bertz CT molecular complexity index is 554. The summed E-state index contributed by atoms with van der Waals surface area (Å²) in [6.45, 7) is 8.38. The second-order valence-electron chi connectivity index (χ2n) is 11.1. The third-order valence-corrected chi connectivity index (χ3v) is 10.3. The second-order valence-corrected chi connectivity index (χ2v) is 11.1. The van der Waals surface area contributed by atoms with Gasteiger partial charge in [-0.3, -0.25) is 0 Å². The normalized spacial score (nSPS) is 60.0. The summed E-state index contributed by atoms with van der Waals surface area (Å²) < 4.78 is 5.87. The van der Waals surface area contributed by atoms with Crippen molar-refractivity contribution >= 4 is 0 Å². The lowest BCUT2D eigenvalue weighted by Crippen LogP contribution is -2.57. The van der Waals surface area contributed by atoms with Gasteiger partial charge in [0, 0.05) is 0 Å². The van der Waals surface area contributed by atoms with Crippen LogP contribution in [0.1, 0.15) is 91.4 Å². The summed E-state index contributed by atoms with van der Waals surface area (Å²) in [5.41, 5.74) is 0.665. The predicted octanol–water partition coefficient (Wildman–Crippen LogP) is 5.33. The molecule has 0 aromatic rings. The molecular formula is C23H38O2. The van der Waals surface area contributed by atoms with E-state index in [2.05, 4.69) is 20.8 Å². The number of aliphatic hydroxyl groups is 1. The maximum Gasteiger partial charge on any atom is 0.0919 e. The first-order chi connectivity index (χ1) is 11.9. The van der Waals surface area contributed by atoms with Crippen LogP contribution in [0.4, 0.5) is 0 Å². The number of epoxide rings is 1. The summed E-state index contributed by atoms with van der Waals surface area (Å²) in [6, 6.07) is 0. The first kappa shape index (κ1) is 17.0. The molecule has 5 fully saturated rings. The van der Waals surface area contributed by atoms with Crippen LogP contribution >= 0.6 is 0 Å². The van der Waals surface area contributed by atoms with E-state index in [4.69, 9.17) is 4.74 Å². The lowest BCUT2D eigenvalue weighted by Gasteiger charge is -2.61. The number of hydrogen-bond acceptors (Lipinski definition) is 2. The molecule has 0 amide bonds. The van der Waals surface area contributed by atoms with Crippen molar-refractivity contribution in [1.29, 1.82) is 0 Å². The Morgan fingerprint density at radius 3 is 2.44 bits per heavy atom. The molecule has 4 saturated carbocycles. The van der Waals surface area contributed by atoms with Gasteiger partial charge in [-0.1, -0.05) is 27.2 Å². The molecular weight excluding hydrogens is 308 g/mol. The summed E-state index contributed by atoms with van der Waals surface area (Å²) >= 11 is 0. The van der Waals surface area contributed by atoms with Crippen molar-refractivity contribution in [3.05, 3.63) is 0 Å². The summed E-state index contributed by atoms with van der Waals surface area (Å²) in [4.78, 5) is 0. The molecule has 4 aliphatic carbocycles. The van der Waals surface area contributed by atoms with Gasteiger partial charge in [0.25, 0.3) is 0 Å². The zero-order chi connectivity index (χ0) is 17.5. The molecule has 0 aromatic heterocycles. The van der Waals surface area contributed by atoms with Gasteiger partial charge >= 0.3 is 0 Å². The Morgan fingerprint density at radius 1 is 0.960 bits per heavy atom. The molecule has 2 heteroatoms. The van der Waals surface area contributed by atoms with Crippen LogP contribution in [0.15, 0.2) is 0 Å². The average molecular weight is 347 g/mol. The highest BCUT2D eigenvalue weighted by molar-refractivity contribution is 5.15. The van der Waals surface area contributed by atoms with E-state index in [1.54, 1.807) is 0 Å². The van der Waals surface area contributed by atoms with Gasteiger partial charge in [0.05, 0.1) is 17.8 Å². The van der Waals surface area contributed by atoms with Crippen molar-refractivity contribution in [2.24, 2.45) is 34.5 Å². The Morgan fingerprint density at radius 2 is 1.72 bits per heavy atom. The van der Waals surface area contributed by atoms with Crippen LogP contribution in [0.5, 0.6) is 0 Å². The standard InChI is InChI=1S/C23H38O2/c1-4-9-23(24)11-8-19-17-6-5-16-14-22(15-25-22)13-12-20(16,2)18(17)7-10-21(19,23)3/h16-19,24H,4-15H2,1-3H3/t16-,17-,18+,19+,20-,21-,22-,23-/m0/s1. The summed E-state index contributed by atoms with van der Waals surface area (Å²) in [7, 11) is 0. The zero-order valence-corrected chi connectivity index (χ0v) is 16.7. The van der Waals surface area contributed by atoms with Crippen LogP contribution in [0.2, 0.25) is 0 Å². The number of ether oxygens (including phenoxy) is 1. The lowest BCUT2D eigenvalue weighted by atomic mass is 9.44. The molecule has 0 radical (unpaired) electrons. The highest BCUT2D eigenvalue weighted by Crippen LogP contribution is 2.70. The minimum atomic E-state index is -0.381. The average Bonchev–Trinajstić information content (AvgIpc) is 3.28. The second kappa shape index (κ2) is 5.25. The quantitative estimate of drug-likeness (QED) is 0.686. The van der Waals surface area contributed by atoms with Gasteiger partial charge in [0.1, 0.15) is 0 Å². The molecule has 1 saturated heterocycles. The molecule has 0 aromatic carbocycles. The molecule has 25 heavy (non-hydrogen) atoms. The van der Waals surface area contributed by atoms with Crippen molar-refractivity contribution in [1.82, 2.24) is 0 Å². The summed E-state index contributed by atoms with van der Waals surface area (Å²) in [5.74, 6) is 3.45. The van der Waals surface area contributed by atoms with Gasteiger partial charge in [0.2, 0.25) is 0 Å². The molecule has 5 aliphatic rings. The van der Waals surface area contributed by atoms with E-state index in [9.17, 15) is 5.11 Å². The van der Waals surface area contributed by atoms with Gasteiger partial charge in [-0.15, -0.1) is 0 Å². The van der Waals surface area contributed by atoms with Crippen molar-refractivity contribution in [2.45, 2.75) is 103 Å². The highest BCUT2D eigenvalue weighted by Gasteiger charge is 2.65. The fourth-order valence-corrected chi connectivity index (χ4v) is 8.61. The smallest absolute Gasteiger partial charge is 0.0919 e. The Balaban J connectivity index is 1.42. The minimum Gasteiger partial charge on any atom is -0.389 e. The van der Waals surface area contributed by atoms with Gasteiger partial charge < -0.3 is 9.84 Å². The lowest BCUT2D eigenvalue weighted by molar-refractivity contribution is -0.157. The number of rotatable bonds is 2. The molecule has 2 nitrogen and oxygen atoms in total. The van der Waals surface area contributed by atoms with E-state index in [0.717, 1.165) is 49.5 Å². The van der Waals surface area contributed by atoms with Gasteiger partial charge in [-0.2, -0.15) is 0 Å². The van der Waals surface area contributed by atoms with E-state index in [1.165, 1.54) is 51.4 Å². The molecule has 1 heterocycles. The van der Waals surface area contributed by atoms with Crippen LogP contribution in [0, 0.1) is 34.5 Å². The first-order valence-corrected chi connectivity index (χ1v) is 11.2. The van der Waals surface area contributed by atoms with Crippen LogP contribution in [0.25, 0.3) is 0 Å². The van der Waals surface area contributed by atoms with Crippen LogP contribution in [0.3, 0.4) is 0 Å². The largest absolute Gasteiger partial charge is 0.389 e. The van der Waals surface area contributed by atoms with Crippen LogP contribution in [-0.2, 0) is 4.74 Å². The van der Waals surface area contributed by atoms with E-state index in [-0.39, 0.29) is 11.0 Å². The zero-order valence-electron chi connectivity index (χ0n) is 16.7. The minimum absolute atomic E-state index is 0.183. The van der Waals surface area contributed by atoms with E-state index in [1.807, 2.05) is 0 Å². The monoisotopic (exact) mass is 346 g/mol. The molecule has 142 valence electrons. The maximum absolute atomic E-state index is 11.5. The van der Waals surface area contributed by atoms with Gasteiger partial charge in [-0.05, 0) is 98.7 Å². The fraction of sp³-hybridized carbons (Fsp3) is 1.00. The van der Waals surface area contributed by atoms with Crippen molar-refractivity contribution in [3.63, 3.8) is 0 Å². The summed E-state index contributed by atoms with van der Waals surface area (Å²) in [5, 5.41) is 11.5. The molecule has 8 atom stereocenters. The third-order valence-electron chi connectivity index (χ3n) is 10.3. The Kier molecular flexibility index (Phi) is 3.58. The van der Waals surface area contributed by atoms with Gasteiger partial charge in [0.15, 0.2) is 0 Å². The maximum atomic E-state index is 11.5. The van der Waals surface area contributed by atoms with E-state index >= 15 is 0 Å². The molecule has 0 unspecified atom stereocenters.